The first-order chi connectivity index (χ1) is 19.8. The Kier molecular flexibility index (Phi) is 8.38. The summed E-state index contributed by atoms with van der Waals surface area (Å²) in [6.07, 6.45) is 8.24. The minimum absolute atomic E-state index is 0. The molecule has 42 heavy (non-hydrogen) atoms. The Labute approximate surface area is 261 Å². The first kappa shape index (κ1) is 29.7. The summed E-state index contributed by atoms with van der Waals surface area (Å²) in [6.45, 7) is 13.0. The molecule has 0 aromatic carbocycles. The van der Waals surface area contributed by atoms with E-state index in [9.17, 15) is 0 Å². The van der Waals surface area contributed by atoms with Gasteiger partial charge in [0.1, 0.15) is 0 Å². The van der Waals surface area contributed by atoms with E-state index in [2.05, 4.69) is 76.3 Å². The van der Waals surface area contributed by atoms with Crippen LogP contribution >= 0.6 is 0 Å². The van der Waals surface area contributed by atoms with Gasteiger partial charge in [0, 0.05) is 52.1 Å². The normalized spacial score (nSPS) is 13.3. The van der Waals surface area contributed by atoms with Crippen LogP contribution in [0.25, 0.3) is 34.0 Å². The summed E-state index contributed by atoms with van der Waals surface area (Å²) in [5.41, 5.74) is 6.47. The monoisotopic (exact) mass is 737 g/mol. The summed E-state index contributed by atoms with van der Waals surface area (Å²) < 4.78 is 3.69. The SMILES string of the molecule is CCC(C)c1ccc2n[c-]n(-c3cccc(C(C)(C)c4cccc(-n5[c-]nc6ccc(C(C)CC)nc65)n4)n3)c2n1.[Pt+2]. The molecule has 6 aromatic rings. The van der Waals surface area contributed by atoms with Crippen molar-refractivity contribution in [1.82, 2.24) is 39.0 Å². The third-order valence-corrected chi connectivity index (χ3v) is 8.16. The van der Waals surface area contributed by atoms with Crippen molar-refractivity contribution in [1.29, 1.82) is 0 Å². The molecule has 0 aliphatic carbocycles. The number of nitrogens with zero attached hydrogens (tertiary/aromatic N) is 8. The van der Waals surface area contributed by atoms with Gasteiger partial charge in [0.05, 0.1) is 11.6 Å². The molecule has 0 aliphatic rings. The summed E-state index contributed by atoms with van der Waals surface area (Å²) in [5, 5.41) is 0. The van der Waals surface area contributed by atoms with Crippen LogP contribution in [-0.4, -0.2) is 39.0 Å². The average molecular weight is 738 g/mol. The Balaban J connectivity index is 0.00000353. The van der Waals surface area contributed by atoms with Crippen molar-refractivity contribution >= 4 is 22.3 Å². The Morgan fingerprint density at radius 3 is 1.48 bits per heavy atom. The molecule has 216 valence electrons. The fourth-order valence-corrected chi connectivity index (χ4v) is 4.93. The van der Waals surface area contributed by atoms with E-state index in [1.54, 1.807) is 0 Å². The van der Waals surface area contributed by atoms with Crippen LogP contribution in [0.15, 0.2) is 60.7 Å². The van der Waals surface area contributed by atoms with Crippen LogP contribution in [0.1, 0.15) is 89.0 Å². The van der Waals surface area contributed by atoms with E-state index in [1.807, 2.05) is 57.7 Å². The van der Waals surface area contributed by atoms with E-state index >= 15 is 0 Å². The quantitative estimate of drug-likeness (QED) is 0.158. The second-order valence-corrected chi connectivity index (χ2v) is 11.3. The molecular weight excluding hydrogens is 703 g/mol. The number of pyridine rings is 4. The minimum Gasteiger partial charge on any atom is -0.396 e. The van der Waals surface area contributed by atoms with Crippen LogP contribution in [0.3, 0.4) is 0 Å². The van der Waals surface area contributed by atoms with Gasteiger partial charge in [0.2, 0.25) is 0 Å². The maximum Gasteiger partial charge on any atom is 2.00 e. The number of hydrogen-bond donors (Lipinski definition) is 0. The summed E-state index contributed by atoms with van der Waals surface area (Å²) in [6, 6.07) is 20.1. The van der Waals surface area contributed by atoms with Crippen molar-refractivity contribution in [2.24, 2.45) is 0 Å². The molecular formula is C33H34N8Pt. The smallest absolute Gasteiger partial charge is 0.396 e. The van der Waals surface area contributed by atoms with Gasteiger partial charge < -0.3 is 19.1 Å². The first-order valence-electron chi connectivity index (χ1n) is 14.3. The second kappa shape index (κ2) is 11.8. The van der Waals surface area contributed by atoms with Crippen molar-refractivity contribution in [3.63, 3.8) is 0 Å². The Morgan fingerprint density at radius 1 is 0.643 bits per heavy atom. The van der Waals surface area contributed by atoms with E-state index in [4.69, 9.17) is 19.9 Å². The van der Waals surface area contributed by atoms with E-state index in [1.165, 1.54) is 0 Å². The van der Waals surface area contributed by atoms with Crippen molar-refractivity contribution in [2.75, 3.05) is 0 Å². The zero-order valence-electron chi connectivity index (χ0n) is 24.7. The van der Waals surface area contributed by atoms with Crippen LogP contribution in [0.4, 0.5) is 0 Å². The number of aromatic nitrogens is 8. The molecule has 0 N–H and O–H groups in total. The van der Waals surface area contributed by atoms with E-state index < -0.39 is 5.41 Å². The molecule has 0 aliphatic heterocycles. The van der Waals surface area contributed by atoms with E-state index in [0.717, 1.165) is 69.6 Å². The zero-order valence-corrected chi connectivity index (χ0v) is 27.0. The Morgan fingerprint density at radius 2 is 1.07 bits per heavy atom. The molecule has 0 fully saturated rings. The molecule has 9 heteroatoms. The fourth-order valence-electron chi connectivity index (χ4n) is 4.93. The summed E-state index contributed by atoms with van der Waals surface area (Å²) in [7, 11) is 0. The van der Waals surface area contributed by atoms with Gasteiger partial charge in [0.15, 0.2) is 0 Å². The van der Waals surface area contributed by atoms with Crippen molar-refractivity contribution in [3.8, 4) is 11.6 Å². The summed E-state index contributed by atoms with van der Waals surface area (Å²) >= 11 is 0. The maximum atomic E-state index is 5.06. The predicted molar refractivity (Wildman–Crippen MR) is 161 cm³/mol. The second-order valence-electron chi connectivity index (χ2n) is 11.3. The van der Waals surface area contributed by atoms with Gasteiger partial charge in [0.25, 0.3) is 0 Å². The van der Waals surface area contributed by atoms with Crippen LogP contribution < -0.4 is 0 Å². The van der Waals surface area contributed by atoms with Crippen molar-refractivity contribution in [2.45, 2.75) is 71.6 Å². The largest absolute Gasteiger partial charge is 2.00 e. The molecule has 6 aromatic heterocycles. The third-order valence-electron chi connectivity index (χ3n) is 8.16. The molecule has 0 amide bonds. The molecule has 6 rings (SSSR count). The Hall–Kier alpha value is -3.77. The van der Waals surface area contributed by atoms with Crippen molar-refractivity contribution in [3.05, 3.63) is 96.1 Å². The van der Waals surface area contributed by atoms with Gasteiger partial charge in [-0.2, -0.15) is 0 Å². The molecule has 0 saturated carbocycles. The van der Waals surface area contributed by atoms with Gasteiger partial charge in [-0.05, 0) is 73.8 Å². The topological polar surface area (TPSA) is 87.2 Å². The molecule has 0 bridgehead atoms. The van der Waals surface area contributed by atoms with Crippen molar-refractivity contribution < 1.29 is 21.1 Å². The summed E-state index contributed by atoms with van der Waals surface area (Å²) in [5.74, 6) is 2.17. The fraction of sp³-hybridized carbons (Fsp3) is 0.333. The van der Waals surface area contributed by atoms with Crippen LogP contribution in [0, 0.1) is 12.7 Å². The molecule has 8 nitrogen and oxygen atoms in total. The first-order valence-corrected chi connectivity index (χ1v) is 14.3. The number of imidazole rings is 2. The van der Waals surface area contributed by atoms with Gasteiger partial charge >= 0.3 is 21.1 Å². The third kappa shape index (κ3) is 5.29. The predicted octanol–water partition coefficient (Wildman–Crippen LogP) is 6.90. The molecule has 2 atom stereocenters. The van der Waals surface area contributed by atoms with Crippen LogP contribution in [0.5, 0.6) is 0 Å². The Bertz CT molecular complexity index is 1720. The van der Waals surface area contributed by atoms with Crippen LogP contribution in [0.2, 0.25) is 0 Å². The van der Waals surface area contributed by atoms with E-state index in [0.29, 0.717) is 11.8 Å². The van der Waals surface area contributed by atoms with Gasteiger partial charge in [-0.25, -0.2) is 0 Å². The molecule has 6 heterocycles. The minimum atomic E-state index is -0.497. The van der Waals surface area contributed by atoms with Gasteiger partial charge in [-0.3, -0.25) is 19.9 Å². The van der Waals surface area contributed by atoms with E-state index in [-0.39, 0.29) is 21.1 Å². The number of hydrogen-bond acceptors (Lipinski definition) is 6. The summed E-state index contributed by atoms with van der Waals surface area (Å²) in [4.78, 5) is 28.9. The average Bonchev–Trinajstić information content (AvgIpc) is 3.64. The molecule has 0 saturated heterocycles. The zero-order chi connectivity index (χ0) is 28.7. The van der Waals surface area contributed by atoms with Crippen LogP contribution in [-0.2, 0) is 26.5 Å². The standard InChI is InChI=1S/C33H34N8.Pt/c1-7-21(3)23-15-17-25-31(36-23)40(19-34-25)29-13-9-11-27(38-29)33(5,6)28-12-10-14-30(39-28)41-20-35-26-18-16-24(22(4)8-2)37-32(26)41;/h9-18,21-22H,7-8H2,1-6H3;/q-2;+2. The molecule has 0 radical (unpaired) electrons. The molecule has 0 spiro atoms. The number of fused-ring (bicyclic) bond motifs is 2. The van der Waals surface area contributed by atoms with Gasteiger partial charge in [-0.1, -0.05) is 64.1 Å². The maximum absolute atomic E-state index is 5.06. The number of rotatable bonds is 8. The van der Waals surface area contributed by atoms with Gasteiger partial charge in [-0.15, -0.1) is 0 Å². The molecule has 2 unspecified atom stereocenters.